The van der Waals surface area contributed by atoms with Crippen molar-refractivity contribution < 1.29 is 4.79 Å². The molecule has 6 nitrogen and oxygen atoms in total. The van der Waals surface area contributed by atoms with Crippen molar-refractivity contribution >= 4 is 22.8 Å². The molecule has 1 amide bonds. The summed E-state index contributed by atoms with van der Waals surface area (Å²) < 4.78 is 1.86. The van der Waals surface area contributed by atoms with Crippen LogP contribution in [0.25, 0.3) is 11.2 Å². The van der Waals surface area contributed by atoms with Crippen molar-refractivity contribution in [3.8, 4) is 0 Å². The number of anilines is 1. The second kappa shape index (κ2) is 6.55. The molecule has 0 aliphatic heterocycles. The molecule has 0 fully saturated rings. The number of hydrogen-bond acceptors (Lipinski definition) is 4. The van der Waals surface area contributed by atoms with Crippen molar-refractivity contribution in [2.45, 2.75) is 33.7 Å². The Morgan fingerprint density at radius 1 is 1.28 bits per heavy atom. The number of pyridine rings is 1. The van der Waals surface area contributed by atoms with Crippen LogP contribution in [0.3, 0.4) is 0 Å². The van der Waals surface area contributed by atoms with Gasteiger partial charge in [0.05, 0.1) is 5.69 Å². The van der Waals surface area contributed by atoms with E-state index in [1.54, 1.807) is 6.07 Å². The molecular weight excluding hydrogens is 314 g/mol. The summed E-state index contributed by atoms with van der Waals surface area (Å²) in [6.45, 7) is 6.82. The van der Waals surface area contributed by atoms with E-state index in [9.17, 15) is 4.79 Å². The molecule has 1 aromatic carbocycles. The van der Waals surface area contributed by atoms with E-state index in [-0.39, 0.29) is 5.69 Å². The number of carbonyl (C=O) groups excluding carboxylic acids is 1. The van der Waals surface area contributed by atoms with Gasteiger partial charge in [0.1, 0.15) is 17.0 Å². The first-order chi connectivity index (χ1) is 11.9. The number of hydrogen-bond donors (Lipinski definition) is 2. The SMILES string of the molecule is CCc1cccc(C)c1CNc1cc(C(N)=O)nc2c1nc(C)n2C. The van der Waals surface area contributed by atoms with E-state index in [0.29, 0.717) is 12.2 Å². The molecular formula is C19H23N5O. The molecule has 3 rings (SSSR count). The number of fused-ring (bicyclic) bond motifs is 1. The van der Waals surface area contributed by atoms with Gasteiger partial charge in [-0.1, -0.05) is 25.1 Å². The predicted octanol–water partition coefficient (Wildman–Crippen LogP) is 2.86. The highest BCUT2D eigenvalue weighted by atomic mass is 16.1. The van der Waals surface area contributed by atoms with Crippen molar-refractivity contribution in [1.29, 1.82) is 0 Å². The molecule has 2 heterocycles. The van der Waals surface area contributed by atoms with Crippen LogP contribution < -0.4 is 11.1 Å². The Morgan fingerprint density at radius 3 is 2.72 bits per heavy atom. The Hall–Kier alpha value is -2.89. The van der Waals surface area contributed by atoms with Crippen molar-refractivity contribution in [2.75, 3.05) is 5.32 Å². The van der Waals surface area contributed by atoms with Crippen molar-refractivity contribution in [2.24, 2.45) is 12.8 Å². The van der Waals surface area contributed by atoms with Crippen LogP contribution in [0.2, 0.25) is 0 Å². The Kier molecular flexibility index (Phi) is 4.44. The van der Waals surface area contributed by atoms with Crippen LogP contribution in [-0.2, 0) is 20.0 Å². The minimum Gasteiger partial charge on any atom is -0.379 e. The van der Waals surface area contributed by atoms with Crippen molar-refractivity contribution in [1.82, 2.24) is 14.5 Å². The fourth-order valence-electron chi connectivity index (χ4n) is 3.05. The van der Waals surface area contributed by atoms with E-state index >= 15 is 0 Å². The van der Waals surface area contributed by atoms with E-state index in [4.69, 9.17) is 5.73 Å². The van der Waals surface area contributed by atoms with E-state index in [1.807, 2.05) is 18.5 Å². The maximum atomic E-state index is 11.6. The van der Waals surface area contributed by atoms with E-state index in [2.05, 4.69) is 47.3 Å². The molecule has 0 saturated heterocycles. The van der Waals surface area contributed by atoms with Gasteiger partial charge in [-0.05, 0) is 43.0 Å². The van der Waals surface area contributed by atoms with E-state index < -0.39 is 5.91 Å². The van der Waals surface area contributed by atoms with Gasteiger partial charge in [0.25, 0.3) is 5.91 Å². The maximum absolute atomic E-state index is 11.6. The van der Waals surface area contributed by atoms with Gasteiger partial charge in [0.15, 0.2) is 5.65 Å². The summed E-state index contributed by atoms with van der Waals surface area (Å²) in [5.74, 6) is 0.284. The highest BCUT2D eigenvalue weighted by molar-refractivity contribution is 5.97. The number of amides is 1. The Balaban J connectivity index is 2.04. The highest BCUT2D eigenvalue weighted by Crippen LogP contribution is 2.25. The summed E-state index contributed by atoms with van der Waals surface area (Å²) in [5, 5.41) is 3.43. The number of imidazole rings is 1. The molecule has 2 aromatic heterocycles. The average Bonchev–Trinajstić information content (AvgIpc) is 2.88. The monoisotopic (exact) mass is 337 g/mol. The summed E-state index contributed by atoms with van der Waals surface area (Å²) in [5.41, 5.74) is 11.7. The molecule has 25 heavy (non-hydrogen) atoms. The lowest BCUT2D eigenvalue weighted by molar-refractivity contribution is 0.0996. The largest absolute Gasteiger partial charge is 0.379 e. The molecule has 6 heteroatoms. The molecule has 0 aliphatic rings. The zero-order valence-corrected chi connectivity index (χ0v) is 15.1. The zero-order valence-electron chi connectivity index (χ0n) is 15.1. The predicted molar refractivity (Wildman–Crippen MR) is 99.6 cm³/mol. The fraction of sp³-hybridized carbons (Fsp3) is 0.316. The fourth-order valence-corrected chi connectivity index (χ4v) is 3.05. The third kappa shape index (κ3) is 3.07. The first kappa shape index (κ1) is 17.0. The first-order valence-corrected chi connectivity index (χ1v) is 8.37. The van der Waals surface area contributed by atoms with Gasteiger partial charge in [-0.25, -0.2) is 9.97 Å². The number of aromatic nitrogens is 3. The topological polar surface area (TPSA) is 85.8 Å². The number of rotatable bonds is 5. The third-order valence-corrected chi connectivity index (χ3v) is 4.65. The van der Waals surface area contributed by atoms with Gasteiger partial charge in [-0.15, -0.1) is 0 Å². The molecule has 3 N–H and O–H groups in total. The van der Waals surface area contributed by atoms with Crippen LogP contribution in [0.15, 0.2) is 24.3 Å². The molecule has 0 radical (unpaired) electrons. The molecule has 3 aromatic rings. The summed E-state index contributed by atoms with van der Waals surface area (Å²) >= 11 is 0. The molecule has 0 saturated carbocycles. The molecule has 0 aliphatic carbocycles. The van der Waals surface area contributed by atoms with Crippen molar-refractivity contribution in [3.05, 3.63) is 52.5 Å². The zero-order chi connectivity index (χ0) is 18.1. The van der Waals surface area contributed by atoms with Gasteiger partial charge in [-0.2, -0.15) is 0 Å². The van der Waals surface area contributed by atoms with Crippen LogP contribution in [0.5, 0.6) is 0 Å². The lowest BCUT2D eigenvalue weighted by atomic mass is 10.00. The summed E-state index contributed by atoms with van der Waals surface area (Å²) in [6, 6.07) is 8.01. The highest BCUT2D eigenvalue weighted by Gasteiger charge is 2.15. The van der Waals surface area contributed by atoms with Crippen LogP contribution in [-0.4, -0.2) is 20.4 Å². The molecule has 0 bridgehead atoms. The number of primary amides is 1. The number of nitrogens with zero attached hydrogens (tertiary/aromatic N) is 3. The second-order valence-corrected chi connectivity index (χ2v) is 6.23. The first-order valence-electron chi connectivity index (χ1n) is 8.37. The Morgan fingerprint density at radius 2 is 2.04 bits per heavy atom. The second-order valence-electron chi connectivity index (χ2n) is 6.23. The van der Waals surface area contributed by atoms with Gasteiger partial charge >= 0.3 is 0 Å². The number of aryl methyl sites for hydroxylation is 4. The smallest absolute Gasteiger partial charge is 0.267 e. The minimum atomic E-state index is -0.547. The van der Waals surface area contributed by atoms with Crippen molar-refractivity contribution in [3.63, 3.8) is 0 Å². The summed E-state index contributed by atoms with van der Waals surface area (Å²) in [7, 11) is 1.88. The number of carbonyl (C=O) groups is 1. The summed E-state index contributed by atoms with van der Waals surface area (Å²) in [6.07, 6.45) is 0.972. The minimum absolute atomic E-state index is 0.235. The maximum Gasteiger partial charge on any atom is 0.267 e. The molecule has 0 spiro atoms. The number of benzene rings is 1. The van der Waals surface area contributed by atoms with Gasteiger partial charge in [-0.3, -0.25) is 4.79 Å². The standard InChI is InChI=1S/C19H23N5O/c1-5-13-8-6-7-11(2)14(13)10-21-15-9-16(18(20)25)23-19-17(15)22-12(3)24(19)4/h6-9H,5,10H2,1-4H3,(H2,20,25)(H,21,23). The van der Waals surface area contributed by atoms with E-state index in [0.717, 1.165) is 23.4 Å². The number of nitrogens with two attached hydrogens (primary N) is 1. The molecule has 130 valence electrons. The van der Waals surface area contributed by atoms with Crippen LogP contribution in [0, 0.1) is 13.8 Å². The molecule has 0 atom stereocenters. The average molecular weight is 337 g/mol. The van der Waals surface area contributed by atoms with E-state index in [1.165, 1.54) is 16.7 Å². The lowest BCUT2D eigenvalue weighted by Gasteiger charge is -2.14. The Labute approximate surface area is 147 Å². The third-order valence-electron chi connectivity index (χ3n) is 4.65. The van der Waals surface area contributed by atoms with Crippen LogP contribution in [0.4, 0.5) is 5.69 Å². The van der Waals surface area contributed by atoms with Gasteiger partial charge < -0.3 is 15.6 Å². The quantitative estimate of drug-likeness (QED) is 0.749. The van der Waals surface area contributed by atoms with Gasteiger partial charge in [0, 0.05) is 13.6 Å². The summed E-state index contributed by atoms with van der Waals surface area (Å²) in [4.78, 5) is 20.6. The van der Waals surface area contributed by atoms with Crippen LogP contribution >= 0.6 is 0 Å². The Bertz CT molecular complexity index is 958. The normalized spacial score (nSPS) is 11.0. The number of nitrogens with one attached hydrogen (secondary N) is 1. The lowest BCUT2D eigenvalue weighted by Crippen LogP contribution is -2.14. The molecule has 0 unspecified atom stereocenters. The van der Waals surface area contributed by atoms with Crippen LogP contribution in [0.1, 0.15) is 39.9 Å². The van der Waals surface area contributed by atoms with Gasteiger partial charge in [0.2, 0.25) is 0 Å².